The van der Waals surface area contributed by atoms with Crippen molar-refractivity contribution in [1.82, 2.24) is 15.1 Å². The van der Waals surface area contributed by atoms with E-state index in [0.29, 0.717) is 19.0 Å². The fraction of sp³-hybridized carbons (Fsp3) is 0.500. The molecular formula is C16H22ClN3O2. The molecule has 3 amide bonds. The summed E-state index contributed by atoms with van der Waals surface area (Å²) in [5.74, 6) is 0.169. The summed E-state index contributed by atoms with van der Waals surface area (Å²) in [6.07, 6.45) is 0. The maximum Gasteiger partial charge on any atom is 0.324 e. The lowest BCUT2D eigenvalue weighted by molar-refractivity contribution is -0.125. The largest absolute Gasteiger partial charge is 0.329 e. The quantitative estimate of drug-likeness (QED) is 0.817. The van der Waals surface area contributed by atoms with Crippen molar-refractivity contribution in [3.8, 4) is 0 Å². The molecule has 1 heterocycles. The van der Waals surface area contributed by atoms with Crippen LogP contribution in [0.15, 0.2) is 24.3 Å². The van der Waals surface area contributed by atoms with E-state index in [1.807, 2.05) is 31.3 Å². The highest BCUT2D eigenvalue weighted by Gasteiger charge is 2.29. The third-order valence-electron chi connectivity index (χ3n) is 4.43. The van der Waals surface area contributed by atoms with Gasteiger partial charge in [0.05, 0.1) is 6.54 Å². The van der Waals surface area contributed by atoms with Crippen LogP contribution in [0.5, 0.6) is 0 Å². The number of halogens is 1. The Bertz CT molecular complexity index is 531. The number of hydrogen-bond acceptors (Lipinski definition) is 3. The summed E-state index contributed by atoms with van der Waals surface area (Å²) in [7, 11) is 2.01. The van der Waals surface area contributed by atoms with Gasteiger partial charge < -0.3 is 10.2 Å². The molecule has 0 unspecified atom stereocenters. The molecule has 6 heteroatoms. The SMILES string of the molecule is C[C@H](c1ccc(Cl)cc1)[C@@H](C)N(C)CCN1C(=O)CNC1=O. The van der Waals surface area contributed by atoms with Crippen molar-refractivity contribution in [2.45, 2.75) is 25.8 Å². The normalized spacial score (nSPS) is 17.8. The van der Waals surface area contributed by atoms with Gasteiger partial charge in [-0.1, -0.05) is 30.7 Å². The van der Waals surface area contributed by atoms with Crippen LogP contribution in [0.1, 0.15) is 25.3 Å². The summed E-state index contributed by atoms with van der Waals surface area (Å²) in [5, 5.41) is 3.26. The first-order chi connectivity index (χ1) is 10.4. The lowest BCUT2D eigenvalue weighted by Gasteiger charge is -2.31. The molecule has 0 aliphatic carbocycles. The summed E-state index contributed by atoms with van der Waals surface area (Å²) >= 11 is 5.92. The highest BCUT2D eigenvalue weighted by molar-refractivity contribution is 6.30. The molecule has 0 saturated carbocycles. The second-order valence-corrected chi connectivity index (χ2v) is 6.20. The summed E-state index contributed by atoms with van der Waals surface area (Å²) in [6, 6.07) is 7.85. The zero-order chi connectivity index (χ0) is 16.3. The van der Waals surface area contributed by atoms with E-state index in [-0.39, 0.29) is 24.5 Å². The topological polar surface area (TPSA) is 52.6 Å². The van der Waals surface area contributed by atoms with Crippen LogP contribution in [0, 0.1) is 0 Å². The van der Waals surface area contributed by atoms with Gasteiger partial charge >= 0.3 is 6.03 Å². The van der Waals surface area contributed by atoms with Gasteiger partial charge in [0.15, 0.2) is 0 Å². The predicted molar refractivity (Wildman–Crippen MR) is 87.1 cm³/mol. The first-order valence-corrected chi connectivity index (χ1v) is 7.82. The number of imide groups is 1. The van der Waals surface area contributed by atoms with E-state index >= 15 is 0 Å². The Hall–Kier alpha value is -1.59. The highest BCUT2D eigenvalue weighted by Crippen LogP contribution is 2.23. The number of nitrogens with one attached hydrogen (secondary N) is 1. The van der Waals surface area contributed by atoms with Gasteiger partial charge in [-0.25, -0.2) is 4.79 Å². The lowest BCUT2D eigenvalue weighted by Crippen LogP contribution is -2.41. The van der Waals surface area contributed by atoms with E-state index < -0.39 is 0 Å². The lowest BCUT2D eigenvalue weighted by atomic mass is 9.93. The van der Waals surface area contributed by atoms with Gasteiger partial charge in [0.1, 0.15) is 0 Å². The second kappa shape index (κ2) is 7.11. The predicted octanol–water partition coefficient (Wildman–Crippen LogP) is 2.32. The molecule has 1 fully saturated rings. The molecule has 22 heavy (non-hydrogen) atoms. The number of nitrogens with zero attached hydrogens (tertiary/aromatic N) is 2. The van der Waals surface area contributed by atoms with Crippen LogP contribution in [-0.4, -0.2) is 54.5 Å². The number of carbonyl (C=O) groups is 2. The van der Waals surface area contributed by atoms with Gasteiger partial charge in [0.25, 0.3) is 0 Å². The smallest absolute Gasteiger partial charge is 0.324 e. The Balaban J connectivity index is 1.91. The standard InChI is InChI=1S/C16H22ClN3O2/c1-11(13-4-6-14(17)7-5-13)12(2)19(3)8-9-20-15(21)10-18-16(20)22/h4-7,11-12H,8-10H2,1-3H3,(H,18,22)/t11-,12+/m0/s1. The third-order valence-corrected chi connectivity index (χ3v) is 4.68. The van der Waals surface area contributed by atoms with Gasteiger partial charge in [-0.05, 0) is 37.6 Å². The first-order valence-electron chi connectivity index (χ1n) is 7.44. The molecule has 1 aliphatic rings. The highest BCUT2D eigenvalue weighted by atomic mass is 35.5. The zero-order valence-corrected chi connectivity index (χ0v) is 13.9. The van der Waals surface area contributed by atoms with Crippen molar-refractivity contribution in [2.75, 3.05) is 26.7 Å². The molecule has 0 aromatic heterocycles. The van der Waals surface area contributed by atoms with Crippen LogP contribution in [0.3, 0.4) is 0 Å². The Morgan fingerprint density at radius 1 is 1.27 bits per heavy atom. The molecule has 1 aromatic carbocycles. The van der Waals surface area contributed by atoms with E-state index in [0.717, 1.165) is 5.02 Å². The maximum absolute atomic E-state index is 11.6. The number of carbonyl (C=O) groups excluding carboxylic acids is 2. The summed E-state index contributed by atoms with van der Waals surface area (Å²) in [6.45, 7) is 5.49. The number of likely N-dealkylation sites (N-methyl/N-ethyl adjacent to an activating group) is 1. The van der Waals surface area contributed by atoms with E-state index in [2.05, 4.69) is 24.1 Å². The van der Waals surface area contributed by atoms with Gasteiger partial charge in [0, 0.05) is 24.2 Å². The van der Waals surface area contributed by atoms with Crippen LogP contribution < -0.4 is 5.32 Å². The van der Waals surface area contributed by atoms with Gasteiger partial charge in [0.2, 0.25) is 5.91 Å². The summed E-state index contributed by atoms with van der Waals surface area (Å²) < 4.78 is 0. The zero-order valence-electron chi connectivity index (χ0n) is 13.2. The second-order valence-electron chi connectivity index (χ2n) is 5.77. The van der Waals surface area contributed by atoms with E-state index in [1.54, 1.807) is 0 Å². The monoisotopic (exact) mass is 323 g/mol. The molecule has 0 spiro atoms. The minimum Gasteiger partial charge on any atom is -0.329 e. The van der Waals surface area contributed by atoms with E-state index in [1.165, 1.54) is 10.5 Å². The first kappa shape index (κ1) is 16.8. The molecule has 0 radical (unpaired) electrons. The van der Waals surface area contributed by atoms with Crippen molar-refractivity contribution in [3.63, 3.8) is 0 Å². The maximum atomic E-state index is 11.6. The van der Waals surface area contributed by atoms with Crippen LogP contribution >= 0.6 is 11.6 Å². The van der Waals surface area contributed by atoms with Crippen LogP contribution in [0.25, 0.3) is 0 Å². The van der Waals surface area contributed by atoms with Crippen molar-refractivity contribution in [3.05, 3.63) is 34.9 Å². The van der Waals surface area contributed by atoms with Crippen molar-refractivity contribution in [1.29, 1.82) is 0 Å². The molecule has 5 nitrogen and oxygen atoms in total. The fourth-order valence-corrected chi connectivity index (χ4v) is 2.70. The molecular weight excluding hydrogens is 302 g/mol. The van der Waals surface area contributed by atoms with Crippen molar-refractivity contribution < 1.29 is 9.59 Å². The Labute approximate surface area is 136 Å². The Morgan fingerprint density at radius 3 is 2.45 bits per heavy atom. The van der Waals surface area contributed by atoms with Crippen molar-refractivity contribution in [2.24, 2.45) is 0 Å². The van der Waals surface area contributed by atoms with Gasteiger partial charge in [-0.2, -0.15) is 0 Å². The number of rotatable bonds is 6. The molecule has 120 valence electrons. The molecule has 1 aliphatic heterocycles. The minimum absolute atomic E-state index is 0.110. The molecule has 2 atom stereocenters. The van der Waals surface area contributed by atoms with Gasteiger partial charge in [-0.15, -0.1) is 0 Å². The molecule has 1 aromatic rings. The Kier molecular flexibility index (Phi) is 5.42. The molecule has 1 N–H and O–H groups in total. The molecule has 0 bridgehead atoms. The summed E-state index contributed by atoms with van der Waals surface area (Å²) in [4.78, 5) is 26.5. The number of benzene rings is 1. The number of hydrogen-bond donors (Lipinski definition) is 1. The van der Waals surface area contributed by atoms with E-state index in [4.69, 9.17) is 11.6 Å². The molecule has 2 rings (SSSR count). The van der Waals surface area contributed by atoms with Crippen LogP contribution in [-0.2, 0) is 4.79 Å². The number of amides is 3. The Morgan fingerprint density at radius 2 is 1.91 bits per heavy atom. The van der Waals surface area contributed by atoms with Crippen molar-refractivity contribution >= 4 is 23.5 Å². The summed E-state index contributed by atoms with van der Waals surface area (Å²) in [5.41, 5.74) is 1.22. The third kappa shape index (κ3) is 3.78. The average molecular weight is 324 g/mol. The minimum atomic E-state index is -0.295. The fourth-order valence-electron chi connectivity index (χ4n) is 2.57. The average Bonchev–Trinajstić information content (AvgIpc) is 2.83. The van der Waals surface area contributed by atoms with E-state index in [9.17, 15) is 9.59 Å². The van der Waals surface area contributed by atoms with Crippen LogP contribution in [0.2, 0.25) is 5.02 Å². The molecule has 1 saturated heterocycles. The number of urea groups is 1. The van der Waals surface area contributed by atoms with Crippen LogP contribution in [0.4, 0.5) is 4.79 Å². The van der Waals surface area contributed by atoms with Gasteiger partial charge in [-0.3, -0.25) is 9.69 Å².